The molecule has 0 amide bonds. The minimum absolute atomic E-state index is 0.821. The van der Waals surface area contributed by atoms with E-state index in [1.54, 1.807) is 6.08 Å². The fraction of sp³-hybridized carbons (Fsp3) is 0.100. The fourth-order valence-corrected chi connectivity index (χ4v) is 1.27. The molecule has 0 unspecified atom stereocenters. The van der Waals surface area contributed by atoms with Crippen LogP contribution in [0.1, 0.15) is 6.42 Å². The van der Waals surface area contributed by atoms with E-state index in [1.807, 2.05) is 30.4 Å². The molecule has 2 rings (SSSR count). The lowest BCUT2D eigenvalue weighted by atomic mass is 10.2. The zero-order valence-electron chi connectivity index (χ0n) is 6.45. The number of hydrogen-bond acceptors (Lipinski definition) is 2. The summed E-state index contributed by atoms with van der Waals surface area (Å²) in [5.41, 5.74) is 3.08. The predicted molar refractivity (Wildman–Crippen MR) is 46.1 cm³/mol. The van der Waals surface area contributed by atoms with Gasteiger partial charge in [-0.15, -0.1) is 0 Å². The first-order chi connectivity index (χ1) is 5.93. The number of hydrogen-bond donors (Lipinski definition) is 0. The van der Waals surface area contributed by atoms with Gasteiger partial charge in [0.15, 0.2) is 0 Å². The molecule has 0 heterocycles. The molecule has 0 aromatic rings. The van der Waals surface area contributed by atoms with Crippen LogP contribution in [0.4, 0.5) is 0 Å². The molecular formula is C10H7NO. The predicted octanol–water partition coefficient (Wildman–Crippen LogP) is 2.03. The Morgan fingerprint density at radius 3 is 3.08 bits per heavy atom. The lowest BCUT2D eigenvalue weighted by Crippen LogP contribution is -1.66. The van der Waals surface area contributed by atoms with Crippen molar-refractivity contribution in [2.45, 2.75) is 6.42 Å². The Bertz CT molecular complexity index is 377. The van der Waals surface area contributed by atoms with Crippen molar-refractivity contribution in [1.82, 2.24) is 0 Å². The Kier molecular flexibility index (Phi) is 1.61. The van der Waals surface area contributed by atoms with Crippen LogP contribution in [0, 0.1) is 0 Å². The second-order valence-electron chi connectivity index (χ2n) is 2.63. The molecule has 0 fully saturated rings. The lowest BCUT2D eigenvalue weighted by Gasteiger charge is -1.84. The molecule has 2 heteroatoms. The van der Waals surface area contributed by atoms with E-state index in [1.165, 1.54) is 5.57 Å². The first-order valence-electron chi connectivity index (χ1n) is 3.79. The maximum Gasteiger partial charge on any atom is 0.240 e. The van der Waals surface area contributed by atoms with Crippen LogP contribution < -0.4 is 0 Å². The molecule has 0 N–H and O–H groups in total. The van der Waals surface area contributed by atoms with E-state index in [-0.39, 0.29) is 0 Å². The number of allylic oxidation sites excluding steroid dienone is 7. The third-order valence-electron chi connectivity index (χ3n) is 1.90. The average molecular weight is 157 g/mol. The maximum absolute atomic E-state index is 9.98. The van der Waals surface area contributed by atoms with Crippen molar-refractivity contribution in [2.24, 2.45) is 4.99 Å². The number of aliphatic imine (C=N–C) groups is 1. The highest BCUT2D eigenvalue weighted by atomic mass is 16.1. The SMILES string of the molecule is O=C=NC1=C2CC=CC=CC=C21. The van der Waals surface area contributed by atoms with Gasteiger partial charge in [-0.05, 0) is 12.0 Å². The summed E-state index contributed by atoms with van der Waals surface area (Å²) in [6.45, 7) is 0. The van der Waals surface area contributed by atoms with Crippen LogP contribution in [0.3, 0.4) is 0 Å². The second kappa shape index (κ2) is 2.76. The van der Waals surface area contributed by atoms with Crippen molar-refractivity contribution in [1.29, 1.82) is 0 Å². The summed E-state index contributed by atoms with van der Waals surface area (Å²) in [6, 6.07) is 0. The van der Waals surface area contributed by atoms with Crippen LogP contribution in [0.15, 0.2) is 52.2 Å². The minimum Gasteiger partial charge on any atom is -0.211 e. The minimum atomic E-state index is 0.821. The first-order valence-corrected chi connectivity index (χ1v) is 3.79. The summed E-state index contributed by atoms with van der Waals surface area (Å²) in [4.78, 5) is 13.6. The van der Waals surface area contributed by atoms with Gasteiger partial charge in [0.1, 0.15) is 0 Å². The van der Waals surface area contributed by atoms with E-state index in [0.717, 1.165) is 17.7 Å². The Balaban J connectivity index is 2.31. The van der Waals surface area contributed by atoms with Crippen LogP contribution in [0.25, 0.3) is 0 Å². The van der Waals surface area contributed by atoms with Crippen molar-refractivity contribution in [3.05, 3.63) is 47.2 Å². The van der Waals surface area contributed by atoms with Crippen LogP contribution >= 0.6 is 0 Å². The monoisotopic (exact) mass is 157 g/mol. The fourth-order valence-electron chi connectivity index (χ4n) is 1.27. The van der Waals surface area contributed by atoms with Crippen molar-refractivity contribution in [3.8, 4) is 0 Å². The van der Waals surface area contributed by atoms with Crippen LogP contribution in [-0.4, -0.2) is 6.08 Å². The highest BCUT2D eigenvalue weighted by Crippen LogP contribution is 2.42. The van der Waals surface area contributed by atoms with Crippen LogP contribution in [0.5, 0.6) is 0 Å². The van der Waals surface area contributed by atoms with Crippen molar-refractivity contribution in [2.75, 3.05) is 0 Å². The van der Waals surface area contributed by atoms with Gasteiger partial charge in [0.05, 0.1) is 5.70 Å². The molecule has 0 saturated heterocycles. The molecule has 0 aromatic heterocycles. The van der Waals surface area contributed by atoms with Crippen molar-refractivity contribution in [3.63, 3.8) is 0 Å². The average Bonchev–Trinajstić information content (AvgIpc) is 2.61. The van der Waals surface area contributed by atoms with Gasteiger partial charge in [-0.1, -0.05) is 30.4 Å². The largest absolute Gasteiger partial charge is 0.240 e. The van der Waals surface area contributed by atoms with Gasteiger partial charge in [0.2, 0.25) is 6.08 Å². The summed E-state index contributed by atoms with van der Waals surface area (Å²) in [6.07, 6.45) is 12.3. The van der Waals surface area contributed by atoms with Gasteiger partial charge in [0, 0.05) is 5.57 Å². The summed E-state index contributed by atoms with van der Waals surface area (Å²) in [5, 5.41) is 0. The smallest absolute Gasteiger partial charge is 0.211 e. The Labute approximate surface area is 70.3 Å². The highest BCUT2D eigenvalue weighted by Gasteiger charge is 2.27. The number of carbonyl (C=O) groups excluding carboxylic acids is 1. The van der Waals surface area contributed by atoms with Crippen molar-refractivity contribution < 1.29 is 4.79 Å². The third kappa shape index (κ3) is 1.09. The van der Waals surface area contributed by atoms with E-state index >= 15 is 0 Å². The molecule has 58 valence electrons. The van der Waals surface area contributed by atoms with E-state index in [0.29, 0.717) is 0 Å². The molecule has 0 spiro atoms. The van der Waals surface area contributed by atoms with Crippen LogP contribution in [-0.2, 0) is 4.79 Å². The molecule has 2 aliphatic carbocycles. The van der Waals surface area contributed by atoms with Gasteiger partial charge in [-0.3, -0.25) is 0 Å². The van der Waals surface area contributed by atoms with Gasteiger partial charge < -0.3 is 0 Å². The van der Waals surface area contributed by atoms with Gasteiger partial charge in [-0.25, -0.2) is 4.79 Å². The summed E-state index contributed by atoms with van der Waals surface area (Å²) in [7, 11) is 0. The molecule has 12 heavy (non-hydrogen) atoms. The Morgan fingerprint density at radius 2 is 2.25 bits per heavy atom. The molecule has 0 aliphatic heterocycles. The Morgan fingerprint density at radius 1 is 1.33 bits per heavy atom. The second-order valence-corrected chi connectivity index (χ2v) is 2.63. The number of nitrogens with zero attached hydrogens (tertiary/aromatic N) is 1. The van der Waals surface area contributed by atoms with Crippen molar-refractivity contribution >= 4 is 6.08 Å². The molecular weight excluding hydrogens is 150 g/mol. The van der Waals surface area contributed by atoms with Crippen LogP contribution in [0.2, 0.25) is 0 Å². The van der Waals surface area contributed by atoms with E-state index < -0.39 is 0 Å². The van der Waals surface area contributed by atoms with Gasteiger partial charge in [0.25, 0.3) is 0 Å². The molecule has 2 nitrogen and oxygen atoms in total. The zero-order chi connectivity index (χ0) is 8.39. The van der Waals surface area contributed by atoms with E-state index in [2.05, 4.69) is 4.99 Å². The third-order valence-corrected chi connectivity index (χ3v) is 1.90. The van der Waals surface area contributed by atoms with Gasteiger partial charge >= 0.3 is 0 Å². The number of fused-ring (bicyclic) bond motifs is 1. The highest BCUT2D eigenvalue weighted by molar-refractivity contribution is 5.70. The summed E-state index contributed by atoms with van der Waals surface area (Å²) < 4.78 is 0. The Hall–Kier alpha value is -1.66. The first kappa shape index (κ1) is 7.01. The maximum atomic E-state index is 9.98. The molecule has 0 saturated carbocycles. The van der Waals surface area contributed by atoms with E-state index in [9.17, 15) is 4.79 Å². The molecule has 0 bridgehead atoms. The molecule has 2 aliphatic rings. The topological polar surface area (TPSA) is 29.4 Å². The summed E-state index contributed by atoms with van der Waals surface area (Å²) >= 11 is 0. The molecule has 0 atom stereocenters. The standard InChI is InChI=1S/C10H7NO/c12-7-11-10-8-5-3-1-2-4-6-9(8)10/h1-5H,6H2. The zero-order valence-corrected chi connectivity index (χ0v) is 6.45. The van der Waals surface area contributed by atoms with Gasteiger partial charge in [-0.2, -0.15) is 4.99 Å². The molecule has 0 aromatic carbocycles. The van der Waals surface area contributed by atoms with E-state index in [4.69, 9.17) is 0 Å². The quantitative estimate of drug-likeness (QED) is 0.423. The molecule has 0 radical (unpaired) electrons. The summed E-state index contributed by atoms with van der Waals surface area (Å²) in [5.74, 6) is 0. The number of isocyanates is 1. The number of rotatable bonds is 1. The lowest BCUT2D eigenvalue weighted by molar-refractivity contribution is 0.565. The normalized spacial score (nSPS) is 18.8.